The zero-order valence-electron chi connectivity index (χ0n) is 14.6. The van der Waals surface area contributed by atoms with E-state index in [-0.39, 0.29) is 17.6 Å². The zero-order chi connectivity index (χ0) is 17.0. The molecule has 0 bridgehead atoms. The van der Waals surface area contributed by atoms with Crippen LogP contribution in [-0.4, -0.2) is 72.7 Å². The van der Waals surface area contributed by atoms with Gasteiger partial charge in [-0.05, 0) is 32.1 Å². The Balaban J connectivity index is 1.44. The number of hydrogen-bond donors (Lipinski definition) is 0. The van der Waals surface area contributed by atoms with Crippen LogP contribution in [0.25, 0.3) is 0 Å². The quantitative estimate of drug-likeness (QED) is 0.786. The van der Waals surface area contributed by atoms with E-state index in [4.69, 9.17) is 9.47 Å². The Labute approximate surface area is 143 Å². The molecular weight excluding hydrogens is 306 g/mol. The van der Waals surface area contributed by atoms with Crippen molar-refractivity contribution in [3.63, 3.8) is 0 Å². The molecule has 132 valence electrons. The van der Waals surface area contributed by atoms with Crippen LogP contribution < -0.4 is 0 Å². The lowest BCUT2D eigenvalue weighted by Gasteiger charge is -2.53. The molecule has 0 aliphatic carbocycles. The maximum Gasteiger partial charge on any atom is 0.224 e. The molecule has 2 aliphatic rings. The monoisotopic (exact) mass is 333 g/mol. The summed E-state index contributed by atoms with van der Waals surface area (Å²) in [7, 11) is 3.97. The number of carbonyl (C=O) groups is 1. The lowest BCUT2D eigenvalue weighted by atomic mass is 9.84. The van der Waals surface area contributed by atoms with E-state index in [1.807, 2.05) is 42.2 Å². The fraction of sp³-hybridized carbons (Fsp3) is 0.667. The molecule has 1 aromatic heterocycles. The second-order valence-corrected chi connectivity index (χ2v) is 7.12. The number of pyridine rings is 1. The summed E-state index contributed by atoms with van der Waals surface area (Å²) < 4.78 is 12.0. The first-order chi connectivity index (χ1) is 11.6. The Morgan fingerprint density at radius 3 is 3.04 bits per heavy atom. The predicted octanol–water partition coefficient (Wildman–Crippen LogP) is 1.31. The van der Waals surface area contributed by atoms with Crippen molar-refractivity contribution in [1.29, 1.82) is 0 Å². The molecule has 3 rings (SSSR count). The van der Waals surface area contributed by atoms with Gasteiger partial charge < -0.3 is 19.3 Å². The van der Waals surface area contributed by atoms with Crippen LogP contribution >= 0.6 is 0 Å². The molecule has 6 heteroatoms. The number of rotatable bonds is 6. The highest BCUT2D eigenvalue weighted by Crippen LogP contribution is 2.35. The van der Waals surface area contributed by atoms with Crippen LogP contribution in [0.4, 0.5) is 0 Å². The molecule has 3 heterocycles. The van der Waals surface area contributed by atoms with Crippen molar-refractivity contribution in [3.8, 4) is 0 Å². The van der Waals surface area contributed by atoms with Crippen LogP contribution in [0.15, 0.2) is 24.5 Å². The molecule has 0 radical (unpaired) electrons. The van der Waals surface area contributed by atoms with Crippen molar-refractivity contribution in [2.75, 3.05) is 40.3 Å². The maximum absolute atomic E-state index is 12.2. The third-order valence-corrected chi connectivity index (χ3v) is 4.74. The summed E-state index contributed by atoms with van der Waals surface area (Å²) in [5.41, 5.74) is 0.901. The van der Waals surface area contributed by atoms with E-state index in [1.54, 1.807) is 6.20 Å². The van der Waals surface area contributed by atoms with Crippen molar-refractivity contribution in [2.45, 2.75) is 37.6 Å². The number of likely N-dealkylation sites (tertiary alicyclic amines) is 1. The van der Waals surface area contributed by atoms with Crippen molar-refractivity contribution in [3.05, 3.63) is 30.1 Å². The Kier molecular flexibility index (Phi) is 5.48. The summed E-state index contributed by atoms with van der Waals surface area (Å²) >= 11 is 0. The fourth-order valence-electron chi connectivity index (χ4n) is 3.35. The fourth-order valence-corrected chi connectivity index (χ4v) is 3.35. The molecule has 0 saturated carbocycles. The number of ether oxygens (including phenoxy) is 2. The van der Waals surface area contributed by atoms with Crippen molar-refractivity contribution in [1.82, 2.24) is 14.8 Å². The van der Waals surface area contributed by atoms with E-state index in [9.17, 15) is 4.79 Å². The molecule has 2 saturated heterocycles. The van der Waals surface area contributed by atoms with Crippen LogP contribution in [0.1, 0.15) is 24.8 Å². The minimum Gasteiger partial charge on any atom is -0.373 e. The van der Waals surface area contributed by atoms with Crippen LogP contribution in [0, 0.1) is 0 Å². The summed E-state index contributed by atoms with van der Waals surface area (Å²) in [5.74, 6) is 0.219. The minimum atomic E-state index is -0.189. The second kappa shape index (κ2) is 7.59. The van der Waals surface area contributed by atoms with Crippen molar-refractivity contribution >= 4 is 5.91 Å². The van der Waals surface area contributed by atoms with E-state index in [2.05, 4.69) is 4.98 Å². The molecule has 24 heavy (non-hydrogen) atoms. The summed E-state index contributed by atoms with van der Waals surface area (Å²) in [4.78, 5) is 20.2. The van der Waals surface area contributed by atoms with Crippen molar-refractivity contribution < 1.29 is 14.3 Å². The number of aromatic nitrogens is 1. The van der Waals surface area contributed by atoms with Gasteiger partial charge in [0.15, 0.2) is 0 Å². The summed E-state index contributed by atoms with van der Waals surface area (Å²) in [6, 6.07) is 3.95. The molecule has 1 spiro atoms. The van der Waals surface area contributed by atoms with Crippen LogP contribution in [0.3, 0.4) is 0 Å². The predicted molar refractivity (Wildman–Crippen MR) is 90.5 cm³/mol. The molecule has 0 aromatic carbocycles. The highest BCUT2D eigenvalue weighted by molar-refractivity contribution is 5.77. The van der Waals surface area contributed by atoms with Gasteiger partial charge >= 0.3 is 0 Å². The number of amides is 1. The molecule has 0 unspecified atom stereocenters. The lowest BCUT2D eigenvalue weighted by Crippen LogP contribution is -2.67. The largest absolute Gasteiger partial charge is 0.373 e. The Bertz CT molecular complexity index is 544. The van der Waals surface area contributed by atoms with Gasteiger partial charge in [0.1, 0.15) is 5.60 Å². The highest BCUT2D eigenvalue weighted by Gasteiger charge is 2.49. The topological polar surface area (TPSA) is 54.9 Å². The van der Waals surface area contributed by atoms with Gasteiger partial charge in [0.25, 0.3) is 0 Å². The zero-order valence-corrected chi connectivity index (χ0v) is 14.6. The molecule has 1 atom stereocenters. The summed E-state index contributed by atoms with van der Waals surface area (Å²) in [5, 5.41) is 0. The van der Waals surface area contributed by atoms with E-state index in [0.29, 0.717) is 32.7 Å². The van der Waals surface area contributed by atoms with E-state index >= 15 is 0 Å². The lowest BCUT2D eigenvalue weighted by molar-refractivity contribution is -0.202. The summed E-state index contributed by atoms with van der Waals surface area (Å²) in [6.07, 6.45) is 6.15. The third kappa shape index (κ3) is 4.32. The number of hydrogen-bond acceptors (Lipinski definition) is 5. The second-order valence-electron chi connectivity index (χ2n) is 7.12. The van der Waals surface area contributed by atoms with Crippen molar-refractivity contribution in [2.24, 2.45) is 0 Å². The molecule has 1 amide bonds. The van der Waals surface area contributed by atoms with Crippen LogP contribution in [0.5, 0.6) is 0 Å². The van der Waals surface area contributed by atoms with Crippen LogP contribution in [-0.2, 0) is 20.9 Å². The molecule has 1 aromatic rings. The highest BCUT2D eigenvalue weighted by atomic mass is 16.5. The van der Waals surface area contributed by atoms with Gasteiger partial charge in [-0.25, -0.2) is 0 Å². The molecular formula is C18H27N3O3. The van der Waals surface area contributed by atoms with Gasteiger partial charge in [-0.3, -0.25) is 9.78 Å². The number of nitrogens with zero attached hydrogens (tertiary/aromatic N) is 3. The molecule has 2 fully saturated rings. The van der Waals surface area contributed by atoms with E-state index in [0.717, 1.165) is 24.9 Å². The molecule has 0 N–H and O–H groups in total. The third-order valence-electron chi connectivity index (χ3n) is 4.74. The average molecular weight is 333 g/mol. The van der Waals surface area contributed by atoms with Gasteiger partial charge in [-0.15, -0.1) is 0 Å². The summed E-state index contributed by atoms with van der Waals surface area (Å²) in [6.45, 7) is 3.48. The Hall–Kier alpha value is -1.50. The van der Waals surface area contributed by atoms with E-state index in [1.165, 1.54) is 0 Å². The van der Waals surface area contributed by atoms with Gasteiger partial charge in [-0.2, -0.15) is 0 Å². The first-order valence-electron chi connectivity index (χ1n) is 8.63. The molecule has 2 aliphatic heterocycles. The smallest absolute Gasteiger partial charge is 0.224 e. The van der Waals surface area contributed by atoms with Crippen LogP contribution in [0.2, 0.25) is 0 Å². The Morgan fingerprint density at radius 1 is 1.50 bits per heavy atom. The molecule has 6 nitrogen and oxygen atoms in total. The normalized spacial score (nSPS) is 22.6. The standard InChI is InChI=1S/C18H27N3O3/c1-20(2)8-5-17(22)21-13-18(14-21)10-16(6-9-24-18)23-12-15-4-3-7-19-11-15/h3-4,7,11,16H,5-6,8-10,12-14H2,1-2H3/t16-/m0/s1. The van der Waals surface area contributed by atoms with E-state index < -0.39 is 0 Å². The number of carbonyl (C=O) groups excluding carboxylic acids is 1. The maximum atomic E-state index is 12.2. The average Bonchev–Trinajstić information content (AvgIpc) is 2.57. The van der Waals surface area contributed by atoms with Gasteiger partial charge in [0.2, 0.25) is 5.91 Å². The minimum absolute atomic E-state index is 0.189. The first kappa shape index (κ1) is 17.3. The van der Waals surface area contributed by atoms with Gasteiger partial charge in [0, 0.05) is 38.4 Å². The van der Waals surface area contributed by atoms with Gasteiger partial charge in [0.05, 0.1) is 25.8 Å². The SMILES string of the molecule is CN(C)CCC(=O)N1CC2(C[C@@H](OCc3cccnc3)CCO2)C1. The first-order valence-corrected chi connectivity index (χ1v) is 8.63. The van der Waals surface area contributed by atoms with Gasteiger partial charge in [-0.1, -0.05) is 6.07 Å². The Morgan fingerprint density at radius 2 is 2.33 bits per heavy atom.